The minimum Gasteiger partial charge on any atom is -0.348 e. The molecule has 3 rings (SSSR count). The first kappa shape index (κ1) is 10.6. The second-order valence-electron chi connectivity index (χ2n) is 5.50. The summed E-state index contributed by atoms with van der Waals surface area (Å²) in [5.41, 5.74) is -0.0567. The fraction of sp³-hybridized carbons (Fsp3) is 0.923. The zero-order valence-electron chi connectivity index (χ0n) is 9.71. The summed E-state index contributed by atoms with van der Waals surface area (Å²) in [4.78, 5) is 0. The maximum absolute atomic E-state index is 9.48. The average molecular weight is 221 g/mol. The van der Waals surface area contributed by atoms with Crippen LogP contribution in [0.4, 0.5) is 0 Å². The lowest BCUT2D eigenvalue weighted by Crippen LogP contribution is -2.44. The Labute approximate surface area is 96.7 Å². The van der Waals surface area contributed by atoms with Gasteiger partial charge in [-0.05, 0) is 31.6 Å². The summed E-state index contributed by atoms with van der Waals surface area (Å²) in [6.07, 6.45) is 7.58. The molecule has 1 spiro atoms. The molecule has 3 fully saturated rings. The molecule has 0 atom stereocenters. The van der Waals surface area contributed by atoms with Crippen molar-refractivity contribution < 1.29 is 9.47 Å². The van der Waals surface area contributed by atoms with Crippen molar-refractivity contribution in [1.82, 2.24) is 0 Å². The number of rotatable bonds is 1. The predicted octanol–water partition coefficient (Wildman–Crippen LogP) is 2.61. The van der Waals surface area contributed by atoms with Crippen molar-refractivity contribution in [3.05, 3.63) is 0 Å². The van der Waals surface area contributed by atoms with Gasteiger partial charge >= 0.3 is 0 Å². The fourth-order valence-corrected chi connectivity index (χ4v) is 3.43. The molecule has 2 saturated carbocycles. The van der Waals surface area contributed by atoms with Crippen molar-refractivity contribution in [1.29, 1.82) is 5.26 Å². The van der Waals surface area contributed by atoms with Crippen LogP contribution in [0.2, 0.25) is 0 Å². The van der Waals surface area contributed by atoms with E-state index in [0.717, 1.165) is 38.9 Å². The second-order valence-corrected chi connectivity index (χ2v) is 5.50. The molecule has 0 N–H and O–H groups in total. The zero-order chi connectivity index (χ0) is 11.1. The molecule has 0 radical (unpaired) electrons. The van der Waals surface area contributed by atoms with Gasteiger partial charge in [0.05, 0.1) is 24.7 Å². The Balaban J connectivity index is 1.70. The van der Waals surface area contributed by atoms with Crippen molar-refractivity contribution in [2.24, 2.45) is 11.3 Å². The highest BCUT2D eigenvalue weighted by molar-refractivity contribution is 5.08. The molecule has 3 heteroatoms. The van der Waals surface area contributed by atoms with Crippen molar-refractivity contribution in [3.63, 3.8) is 0 Å². The zero-order valence-corrected chi connectivity index (χ0v) is 9.71. The molecule has 0 bridgehead atoms. The topological polar surface area (TPSA) is 42.2 Å². The molecule has 1 heterocycles. The van der Waals surface area contributed by atoms with Gasteiger partial charge in [-0.25, -0.2) is 0 Å². The van der Waals surface area contributed by atoms with Gasteiger partial charge in [-0.2, -0.15) is 5.26 Å². The maximum atomic E-state index is 9.48. The maximum Gasteiger partial charge on any atom is 0.168 e. The van der Waals surface area contributed by atoms with E-state index in [1.807, 2.05) is 0 Å². The van der Waals surface area contributed by atoms with E-state index in [9.17, 15) is 5.26 Å². The minimum atomic E-state index is -0.315. The molecular weight excluding hydrogens is 202 g/mol. The monoisotopic (exact) mass is 221 g/mol. The Morgan fingerprint density at radius 3 is 2.06 bits per heavy atom. The largest absolute Gasteiger partial charge is 0.348 e. The predicted molar refractivity (Wildman–Crippen MR) is 58.5 cm³/mol. The van der Waals surface area contributed by atoms with E-state index in [0.29, 0.717) is 5.92 Å². The quantitative estimate of drug-likeness (QED) is 0.683. The van der Waals surface area contributed by atoms with E-state index in [-0.39, 0.29) is 11.2 Å². The number of hydrogen-bond acceptors (Lipinski definition) is 3. The molecular formula is C13H19NO2. The molecule has 1 aliphatic heterocycles. The van der Waals surface area contributed by atoms with E-state index in [1.165, 1.54) is 19.3 Å². The van der Waals surface area contributed by atoms with Crippen LogP contribution in [-0.2, 0) is 9.47 Å². The third kappa shape index (κ3) is 1.48. The Morgan fingerprint density at radius 1 is 1.00 bits per heavy atom. The summed E-state index contributed by atoms with van der Waals surface area (Å²) in [5.74, 6) is 0.334. The van der Waals surface area contributed by atoms with E-state index in [2.05, 4.69) is 6.07 Å². The van der Waals surface area contributed by atoms with Gasteiger partial charge in [0, 0.05) is 12.8 Å². The van der Waals surface area contributed by atoms with Crippen molar-refractivity contribution in [2.45, 2.75) is 50.7 Å². The van der Waals surface area contributed by atoms with Crippen molar-refractivity contribution in [2.75, 3.05) is 13.2 Å². The molecule has 0 unspecified atom stereocenters. The molecule has 0 aromatic rings. The number of nitrogens with zero attached hydrogens (tertiary/aromatic N) is 1. The molecule has 0 aromatic carbocycles. The summed E-state index contributed by atoms with van der Waals surface area (Å²) in [5, 5.41) is 9.48. The molecule has 0 aromatic heterocycles. The van der Waals surface area contributed by atoms with Gasteiger partial charge in [0.1, 0.15) is 0 Å². The molecule has 0 amide bonds. The summed E-state index contributed by atoms with van der Waals surface area (Å²) in [6, 6.07) is 2.61. The van der Waals surface area contributed by atoms with E-state index < -0.39 is 0 Å². The molecule has 1 saturated heterocycles. The first-order valence-electron chi connectivity index (χ1n) is 6.48. The molecule has 3 aliphatic rings. The minimum absolute atomic E-state index is 0.0567. The van der Waals surface area contributed by atoms with Crippen LogP contribution in [0.1, 0.15) is 44.9 Å². The van der Waals surface area contributed by atoms with Crippen LogP contribution in [0.5, 0.6) is 0 Å². The van der Waals surface area contributed by atoms with E-state index in [4.69, 9.17) is 9.47 Å². The van der Waals surface area contributed by atoms with Crippen LogP contribution < -0.4 is 0 Å². The summed E-state index contributed by atoms with van der Waals surface area (Å²) in [6.45, 7) is 1.45. The van der Waals surface area contributed by atoms with E-state index >= 15 is 0 Å². The van der Waals surface area contributed by atoms with Gasteiger partial charge < -0.3 is 9.47 Å². The first-order chi connectivity index (χ1) is 7.79. The Hall–Kier alpha value is -0.590. The van der Waals surface area contributed by atoms with Crippen LogP contribution in [0, 0.1) is 22.7 Å². The lowest BCUT2D eigenvalue weighted by molar-refractivity contribution is -0.192. The van der Waals surface area contributed by atoms with Crippen LogP contribution in [0.15, 0.2) is 0 Å². The fourth-order valence-electron chi connectivity index (χ4n) is 3.43. The lowest BCUT2D eigenvalue weighted by atomic mass is 9.59. The standard InChI is InChI=1S/C13H19NO2/c14-10-12(11-2-1-3-11)4-6-13(7-5-12)15-8-9-16-13/h11H,1-9H2. The van der Waals surface area contributed by atoms with Gasteiger partial charge in [0.25, 0.3) is 0 Å². The number of ether oxygens (including phenoxy) is 2. The third-order valence-corrected chi connectivity index (χ3v) is 4.83. The smallest absolute Gasteiger partial charge is 0.168 e. The van der Waals surface area contributed by atoms with Gasteiger partial charge in [-0.1, -0.05) is 6.42 Å². The number of hydrogen-bond donors (Lipinski definition) is 0. The van der Waals surface area contributed by atoms with E-state index in [1.54, 1.807) is 0 Å². The number of nitriles is 1. The molecule has 3 nitrogen and oxygen atoms in total. The molecule has 88 valence electrons. The molecule has 16 heavy (non-hydrogen) atoms. The van der Waals surface area contributed by atoms with Gasteiger partial charge in [0.2, 0.25) is 0 Å². The normalized spacial score (nSPS) is 32.2. The highest BCUT2D eigenvalue weighted by Gasteiger charge is 2.50. The summed E-state index contributed by atoms with van der Waals surface area (Å²) >= 11 is 0. The highest BCUT2D eigenvalue weighted by atomic mass is 16.7. The van der Waals surface area contributed by atoms with Crippen molar-refractivity contribution in [3.8, 4) is 6.07 Å². The SMILES string of the molecule is N#CC1(C2CCC2)CCC2(CC1)OCCO2. The Bertz CT molecular complexity index is 300. The van der Waals surface area contributed by atoms with Gasteiger partial charge in [-0.15, -0.1) is 0 Å². The van der Waals surface area contributed by atoms with Crippen LogP contribution >= 0.6 is 0 Å². The summed E-state index contributed by atoms with van der Waals surface area (Å²) in [7, 11) is 0. The Morgan fingerprint density at radius 2 is 1.62 bits per heavy atom. The summed E-state index contributed by atoms with van der Waals surface area (Å²) < 4.78 is 11.4. The average Bonchev–Trinajstić information content (AvgIpc) is 2.69. The Kier molecular flexibility index (Phi) is 2.45. The van der Waals surface area contributed by atoms with Gasteiger partial charge in [-0.3, -0.25) is 0 Å². The van der Waals surface area contributed by atoms with Crippen LogP contribution in [0.3, 0.4) is 0 Å². The van der Waals surface area contributed by atoms with Crippen LogP contribution in [0.25, 0.3) is 0 Å². The van der Waals surface area contributed by atoms with Gasteiger partial charge in [0.15, 0.2) is 5.79 Å². The third-order valence-electron chi connectivity index (χ3n) is 4.83. The lowest BCUT2D eigenvalue weighted by Gasteiger charge is -2.46. The highest BCUT2D eigenvalue weighted by Crippen LogP contribution is 2.53. The second kappa shape index (κ2) is 3.72. The first-order valence-corrected chi connectivity index (χ1v) is 6.48. The molecule has 2 aliphatic carbocycles. The van der Waals surface area contributed by atoms with Crippen LogP contribution in [-0.4, -0.2) is 19.0 Å². The van der Waals surface area contributed by atoms with Crippen molar-refractivity contribution >= 4 is 0 Å².